The first kappa shape index (κ1) is 11.0. The minimum Gasteiger partial charge on any atom is -0.313 e. The molecular weight excluding hydrogens is 158 g/mol. The fourth-order valence-corrected chi connectivity index (χ4v) is 2.80. The van der Waals surface area contributed by atoms with Crippen LogP contribution in [-0.4, -0.2) is 12.6 Å². The van der Waals surface area contributed by atoms with Crippen molar-refractivity contribution in [2.75, 3.05) is 6.54 Å². The molecule has 0 radical (unpaired) electrons. The molecule has 1 aliphatic rings. The van der Waals surface area contributed by atoms with Crippen molar-refractivity contribution < 1.29 is 0 Å². The third-order valence-electron chi connectivity index (χ3n) is 3.62. The SMILES string of the molecule is CCCC(CC)C1NCCC1CC. The van der Waals surface area contributed by atoms with E-state index in [-0.39, 0.29) is 0 Å². The van der Waals surface area contributed by atoms with Crippen molar-refractivity contribution in [2.45, 2.75) is 58.9 Å². The summed E-state index contributed by atoms with van der Waals surface area (Å²) < 4.78 is 0. The van der Waals surface area contributed by atoms with E-state index >= 15 is 0 Å². The van der Waals surface area contributed by atoms with E-state index in [1.54, 1.807) is 0 Å². The first-order chi connectivity index (χ1) is 6.33. The Morgan fingerprint density at radius 3 is 2.62 bits per heavy atom. The lowest BCUT2D eigenvalue weighted by molar-refractivity contribution is 0.285. The van der Waals surface area contributed by atoms with Crippen LogP contribution >= 0.6 is 0 Å². The van der Waals surface area contributed by atoms with Gasteiger partial charge >= 0.3 is 0 Å². The Labute approximate surface area is 83.3 Å². The molecule has 1 nitrogen and oxygen atoms in total. The smallest absolute Gasteiger partial charge is 0.0124 e. The second-order valence-corrected chi connectivity index (χ2v) is 4.39. The molecule has 0 spiro atoms. The Morgan fingerprint density at radius 1 is 1.31 bits per heavy atom. The van der Waals surface area contributed by atoms with E-state index in [1.165, 1.54) is 38.6 Å². The van der Waals surface area contributed by atoms with Gasteiger partial charge in [0.1, 0.15) is 0 Å². The summed E-state index contributed by atoms with van der Waals surface area (Å²) >= 11 is 0. The van der Waals surface area contributed by atoms with E-state index in [4.69, 9.17) is 0 Å². The molecule has 3 atom stereocenters. The molecule has 0 saturated carbocycles. The van der Waals surface area contributed by atoms with E-state index in [0.29, 0.717) is 0 Å². The van der Waals surface area contributed by atoms with Gasteiger partial charge in [0.2, 0.25) is 0 Å². The molecule has 1 rings (SSSR count). The summed E-state index contributed by atoms with van der Waals surface area (Å²) in [6.45, 7) is 8.23. The molecule has 0 bridgehead atoms. The highest BCUT2D eigenvalue weighted by Gasteiger charge is 2.30. The lowest BCUT2D eigenvalue weighted by Gasteiger charge is -2.27. The standard InChI is InChI=1S/C12H25N/c1-4-7-10(5-2)12-11(6-3)8-9-13-12/h10-13H,4-9H2,1-3H3. The van der Waals surface area contributed by atoms with Crippen LogP contribution in [0.15, 0.2) is 0 Å². The van der Waals surface area contributed by atoms with Crippen LogP contribution < -0.4 is 5.32 Å². The Balaban J connectivity index is 2.46. The van der Waals surface area contributed by atoms with E-state index in [9.17, 15) is 0 Å². The van der Waals surface area contributed by atoms with Gasteiger partial charge in [-0.05, 0) is 31.2 Å². The van der Waals surface area contributed by atoms with Crippen molar-refractivity contribution in [3.63, 3.8) is 0 Å². The summed E-state index contributed by atoms with van der Waals surface area (Å²) in [5.74, 6) is 1.88. The minimum absolute atomic E-state index is 0.829. The average molecular weight is 183 g/mol. The van der Waals surface area contributed by atoms with Crippen LogP contribution in [0.25, 0.3) is 0 Å². The fraction of sp³-hybridized carbons (Fsp3) is 1.00. The first-order valence-electron chi connectivity index (χ1n) is 6.06. The largest absolute Gasteiger partial charge is 0.313 e. The van der Waals surface area contributed by atoms with Gasteiger partial charge in [-0.2, -0.15) is 0 Å². The molecule has 0 aromatic heterocycles. The Bertz CT molecular complexity index is 133. The van der Waals surface area contributed by atoms with Gasteiger partial charge in [-0.1, -0.05) is 40.0 Å². The van der Waals surface area contributed by atoms with Crippen molar-refractivity contribution in [1.82, 2.24) is 5.32 Å². The van der Waals surface area contributed by atoms with Gasteiger partial charge in [-0.3, -0.25) is 0 Å². The van der Waals surface area contributed by atoms with E-state index < -0.39 is 0 Å². The van der Waals surface area contributed by atoms with Crippen LogP contribution in [0.4, 0.5) is 0 Å². The fourth-order valence-electron chi connectivity index (χ4n) is 2.80. The van der Waals surface area contributed by atoms with Crippen LogP contribution in [0.5, 0.6) is 0 Å². The van der Waals surface area contributed by atoms with Crippen molar-refractivity contribution >= 4 is 0 Å². The number of hydrogen-bond donors (Lipinski definition) is 1. The van der Waals surface area contributed by atoms with Crippen molar-refractivity contribution in [1.29, 1.82) is 0 Å². The van der Waals surface area contributed by atoms with E-state index in [1.807, 2.05) is 0 Å². The zero-order valence-corrected chi connectivity index (χ0v) is 9.47. The first-order valence-corrected chi connectivity index (χ1v) is 6.06. The highest BCUT2D eigenvalue weighted by molar-refractivity contribution is 4.87. The van der Waals surface area contributed by atoms with Gasteiger partial charge in [-0.25, -0.2) is 0 Å². The van der Waals surface area contributed by atoms with Gasteiger partial charge in [-0.15, -0.1) is 0 Å². The lowest BCUT2D eigenvalue weighted by atomic mass is 9.84. The maximum atomic E-state index is 3.69. The predicted octanol–water partition coefficient (Wildman–Crippen LogP) is 3.20. The summed E-state index contributed by atoms with van der Waals surface area (Å²) in [7, 11) is 0. The maximum absolute atomic E-state index is 3.69. The summed E-state index contributed by atoms with van der Waals surface area (Å²) in [6, 6.07) is 0.829. The number of rotatable bonds is 5. The molecule has 1 saturated heterocycles. The van der Waals surface area contributed by atoms with Crippen LogP contribution in [0.1, 0.15) is 52.9 Å². The third-order valence-corrected chi connectivity index (χ3v) is 3.62. The van der Waals surface area contributed by atoms with Crippen molar-refractivity contribution in [3.05, 3.63) is 0 Å². The molecular formula is C12H25N. The van der Waals surface area contributed by atoms with E-state index in [2.05, 4.69) is 26.1 Å². The molecule has 1 aliphatic heterocycles. The second-order valence-electron chi connectivity index (χ2n) is 4.39. The average Bonchev–Trinajstić information content (AvgIpc) is 2.61. The van der Waals surface area contributed by atoms with Crippen LogP contribution in [0, 0.1) is 11.8 Å². The molecule has 1 heterocycles. The lowest BCUT2D eigenvalue weighted by Crippen LogP contribution is -2.34. The van der Waals surface area contributed by atoms with E-state index in [0.717, 1.165) is 17.9 Å². The molecule has 1 N–H and O–H groups in total. The zero-order chi connectivity index (χ0) is 9.68. The second kappa shape index (κ2) is 5.64. The topological polar surface area (TPSA) is 12.0 Å². The molecule has 0 aromatic carbocycles. The summed E-state index contributed by atoms with van der Waals surface area (Å²) in [5.41, 5.74) is 0. The van der Waals surface area contributed by atoms with Gasteiger partial charge in [0.15, 0.2) is 0 Å². The molecule has 1 heteroatoms. The minimum atomic E-state index is 0.829. The third kappa shape index (κ3) is 2.70. The molecule has 0 amide bonds. The Kier molecular flexibility index (Phi) is 4.79. The molecule has 0 aliphatic carbocycles. The summed E-state index contributed by atoms with van der Waals surface area (Å²) in [5, 5.41) is 3.69. The van der Waals surface area contributed by atoms with Crippen LogP contribution in [-0.2, 0) is 0 Å². The quantitative estimate of drug-likeness (QED) is 0.690. The highest BCUT2D eigenvalue weighted by atomic mass is 15.0. The monoisotopic (exact) mass is 183 g/mol. The van der Waals surface area contributed by atoms with Gasteiger partial charge < -0.3 is 5.32 Å². The van der Waals surface area contributed by atoms with Crippen LogP contribution in [0.2, 0.25) is 0 Å². The Hall–Kier alpha value is -0.0400. The predicted molar refractivity (Wildman–Crippen MR) is 58.9 cm³/mol. The van der Waals surface area contributed by atoms with Gasteiger partial charge in [0.25, 0.3) is 0 Å². The highest BCUT2D eigenvalue weighted by Crippen LogP contribution is 2.29. The summed E-state index contributed by atoms with van der Waals surface area (Å²) in [6.07, 6.45) is 6.86. The molecule has 0 aromatic rings. The summed E-state index contributed by atoms with van der Waals surface area (Å²) in [4.78, 5) is 0. The normalized spacial score (nSPS) is 30.7. The van der Waals surface area contributed by atoms with Crippen molar-refractivity contribution in [2.24, 2.45) is 11.8 Å². The van der Waals surface area contributed by atoms with Crippen molar-refractivity contribution in [3.8, 4) is 0 Å². The van der Waals surface area contributed by atoms with Crippen LogP contribution in [0.3, 0.4) is 0 Å². The molecule has 78 valence electrons. The van der Waals surface area contributed by atoms with Gasteiger partial charge in [0, 0.05) is 6.04 Å². The van der Waals surface area contributed by atoms with Gasteiger partial charge in [0.05, 0.1) is 0 Å². The molecule has 1 fully saturated rings. The molecule has 3 unspecified atom stereocenters. The maximum Gasteiger partial charge on any atom is 0.0124 e. The number of nitrogens with one attached hydrogen (secondary N) is 1. The Morgan fingerprint density at radius 2 is 2.08 bits per heavy atom. The molecule has 13 heavy (non-hydrogen) atoms. The number of hydrogen-bond acceptors (Lipinski definition) is 1. The zero-order valence-electron chi connectivity index (χ0n) is 9.47.